The summed E-state index contributed by atoms with van der Waals surface area (Å²) < 4.78 is 7.32. The van der Waals surface area contributed by atoms with Gasteiger partial charge in [0, 0.05) is 25.0 Å². The minimum absolute atomic E-state index is 0.205. The van der Waals surface area contributed by atoms with Crippen molar-refractivity contribution in [1.29, 1.82) is 0 Å². The van der Waals surface area contributed by atoms with Crippen LogP contribution in [0.5, 0.6) is 0 Å². The Kier molecular flexibility index (Phi) is 6.36. The highest BCUT2D eigenvalue weighted by Crippen LogP contribution is 2.27. The molecular formula is C23H25N7O2S. The van der Waals surface area contributed by atoms with Crippen molar-refractivity contribution in [1.82, 2.24) is 30.0 Å². The summed E-state index contributed by atoms with van der Waals surface area (Å²) in [6, 6.07) is 11.4. The summed E-state index contributed by atoms with van der Waals surface area (Å²) in [6.07, 6.45) is 1.81. The van der Waals surface area contributed by atoms with Gasteiger partial charge >= 0.3 is 0 Å². The third-order valence-corrected chi connectivity index (χ3v) is 6.21. The Bertz CT molecular complexity index is 1290. The molecular weight excluding hydrogens is 438 g/mol. The molecule has 0 spiro atoms. The summed E-state index contributed by atoms with van der Waals surface area (Å²) in [5, 5.41) is 10.1. The van der Waals surface area contributed by atoms with Gasteiger partial charge in [0.15, 0.2) is 10.8 Å². The summed E-state index contributed by atoms with van der Waals surface area (Å²) in [7, 11) is 0. The topological polar surface area (TPSA) is 98.1 Å². The number of amides is 1. The minimum atomic E-state index is -0.205. The molecule has 3 aromatic heterocycles. The third kappa shape index (κ3) is 4.62. The zero-order valence-corrected chi connectivity index (χ0v) is 19.2. The van der Waals surface area contributed by atoms with E-state index in [0.717, 1.165) is 51.8 Å². The smallest absolute Gasteiger partial charge is 0.269 e. The van der Waals surface area contributed by atoms with Gasteiger partial charge in [-0.3, -0.25) is 4.79 Å². The van der Waals surface area contributed by atoms with E-state index in [1.807, 2.05) is 41.2 Å². The molecule has 1 aromatic carbocycles. The zero-order valence-electron chi connectivity index (χ0n) is 18.4. The Hall–Kier alpha value is -3.24. The maximum atomic E-state index is 12.6. The van der Waals surface area contributed by atoms with Crippen LogP contribution in [0.25, 0.3) is 21.9 Å². The molecule has 1 aliphatic rings. The number of hydrogen-bond donors (Lipinski definition) is 1. The van der Waals surface area contributed by atoms with E-state index >= 15 is 0 Å². The largest absolute Gasteiger partial charge is 0.378 e. The van der Waals surface area contributed by atoms with Gasteiger partial charge in [-0.05, 0) is 17.9 Å². The molecule has 0 radical (unpaired) electrons. The monoisotopic (exact) mass is 463 g/mol. The van der Waals surface area contributed by atoms with Gasteiger partial charge in [-0.25, -0.2) is 19.6 Å². The number of para-hydroxylation sites is 1. The first-order valence-corrected chi connectivity index (χ1v) is 12.0. The van der Waals surface area contributed by atoms with E-state index in [0.29, 0.717) is 32.0 Å². The van der Waals surface area contributed by atoms with Crippen LogP contribution in [-0.2, 0) is 11.3 Å². The van der Waals surface area contributed by atoms with E-state index in [-0.39, 0.29) is 5.91 Å². The van der Waals surface area contributed by atoms with Crippen LogP contribution in [0, 0.1) is 0 Å². The number of anilines is 1. The second kappa shape index (κ2) is 9.72. The number of carbonyl (C=O) groups excluding carboxylic acids is 1. The van der Waals surface area contributed by atoms with Crippen molar-refractivity contribution in [2.24, 2.45) is 0 Å². The fraction of sp³-hybridized carbons (Fsp3) is 0.348. The fourth-order valence-corrected chi connectivity index (χ4v) is 4.41. The Balaban J connectivity index is 1.33. The van der Waals surface area contributed by atoms with E-state index in [1.54, 1.807) is 17.8 Å². The third-order valence-electron chi connectivity index (χ3n) is 5.48. The lowest BCUT2D eigenvalue weighted by Gasteiger charge is -2.28. The summed E-state index contributed by atoms with van der Waals surface area (Å²) in [5.41, 5.74) is 1.98. The van der Waals surface area contributed by atoms with E-state index < -0.39 is 0 Å². The van der Waals surface area contributed by atoms with Gasteiger partial charge in [-0.1, -0.05) is 43.0 Å². The number of carbonyl (C=O) groups is 1. The maximum absolute atomic E-state index is 12.6. The summed E-state index contributed by atoms with van der Waals surface area (Å²) in [4.78, 5) is 28.9. The Morgan fingerprint density at radius 3 is 2.82 bits per heavy atom. The lowest BCUT2D eigenvalue weighted by Crippen LogP contribution is -2.37. The average molecular weight is 464 g/mol. The van der Waals surface area contributed by atoms with E-state index in [2.05, 4.69) is 27.2 Å². The second-order valence-corrected chi connectivity index (χ2v) is 8.84. The first-order valence-electron chi connectivity index (χ1n) is 11.1. The van der Waals surface area contributed by atoms with Crippen LogP contribution in [0.4, 0.5) is 5.82 Å². The number of hydrogen-bond acceptors (Lipinski definition) is 8. The highest BCUT2D eigenvalue weighted by Gasteiger charge is 2.20. The molecule has 1 N–H and O–H groups in total. The highest BCUT2D eigenvalue weighted by atomic mass is 32.2. The van der Waals surface area contributed by atoms with Gasteiger partial charge in [-0.15, -0.1) is 0 Å². The number of ether oxygens (including phenoxy) is 1. The van der Waals surface area contributed by atoms with Gasteiger partial charge in [0.05, 0.1) is 36.9 Å². The molecule has 5 rings (SSSR count). The predicted molar refractivity (Wildman–Crippen MR) is 129 cm³/mol. The molecule has 1 saturated heterocycles. The predicted octanol–water partition coefficient (Wildman–Crippen LogP) is 2.75. The molecule has 10 heteroatoms. The molecule has 4 heterocycles. The van der Waals surface area contributed by atoms with Gasteiger partial charge in [0.2, 0.25) is 0 Å². The van der Waals surface area contributed by atoms with Crippen molar-refractivity contribution < 1.29 is 9.53 Å². The number of morpholine rings is 1. The average Bonchev–Trinajstić information content (AvgIpc) is 3.26. The number of fused-ring (bicyclic) bond motifs is 2. The summed E-state index contributed by atoms with van der Waals surface area (Å²) in [5.74, 6) is 1.58. The number of pyridine rings is 1. The molecule has 9 nitrogen and oxygen atoms in total. The molecule has 0 unspecified atom stereocenters. The van der Waals surface area contributed by atoms with E-state index in [9.17, 15) is 4.79 Å². The lowest BCUT2D eigenvalue weighted by atomic mass is 10.2. The van der Waals surface area contributed by atoms with Gasteiger partial charge in [-0.2, -0.15) is 5.10 Å². The second-order valence-electron chi connectivity index (χ2n) is 7.61. The SMILES string of the molecule is CCSc1nc(N2CCOCC2)c2cnn(CCNC(=O)c3ccc4ccccc4n3)c2n1. The molecule has 0 atom stereocenters. The van der Waals surface area contributed by atoms with Gasteiger partial charge in [0.1, 0.15) is 11.5 Å². The first-order chi connectivity index (χ1) is 16.2. The molecule has 4 aromatic rings. The highest BCUT2D eigenvalue weighted by molar-refractivity contribution is 7.99. The number of thioether (sulfide) groups is 1. The van der Waals surface area contributed by atoms with Crippen molar-refractivity contribution in [3.63, 3.8) is 0 Å². The van der Waals surface area contributed by atoms with Crippen molar-refractivity contribution >= 4 is 45.4 Å². The van der Waals surface area contributed by atoms with Gasteiger partial charge < -0.3 is 15.0 Å². The minimum Gasteiger partial charge on any atom is -0.378 e. The molecule has 33 heavy (non-hydrogen) atoms. The van der Waals surface area contributed by atoms with Crippen LogP contribution in [0.2, 0.25) is 0 Å². The number of aromatic nitrogens is 5. The van der Waals surface area contributed by atoms with Crippen LogP contribution in [0.3, 0.4) is 0 Å². The Morgan fingerprint density at radius 1 is 1.12 bits per heavy atom. The number of nitrogens with zero attached hydrogens (tertiary/aromatic N) is 6. The van der Waals surface area contributed by atoms with Crippen LogP contribution in [0.15, 0.2) is 47.8 Å². The molecule has 170 valence electrons. The number of nitrogens with one attached hydrogen (secondary N) is 1. The van der Waals surface area contributed by atoms with Crippen molar-refractivity contribution in [2.75, 3.05) is 43.5 Å². The normalized spacial score (nSPS) is 14.2. The quantitative estimate of drug-likeness (QED) is 0.330. The summed E-state index contributed by atoms with van der Waals surface area (Å²) in [6.45, 7) is 5.95. The van der Waals surface area contributed by atoms with Crippen LogP contribution >= 0.6 is 11.8 Å². The van der Waals surface area contributed by atoms with Crippen LogP contribution in [-0.4, -0.2) is 69.2 Å². The zero-order chi connectivity index (χ0) is 22.6. The Labute approximate surface area is 195 Å². The molecule has 0 saturated carbocycles. The molecule has 1 aliphatic heterocycles. The number of benzene rings is 1. The first kappa shape index (κ1) is 21.6. The van der Waals surface area contributed by atoms with Gasteiger partial charge in [0.25, 0.3) is 5.91 Å². The molecule has 1 fully saturated rings. The summed E-state index contributed by atoms with van der Waals surface area (Å²) >= 11 is 1.61. The van der Waals surface area contributed by atoms with Crippen LogP contribution in [0.1, 0.15) is 17.4 Å². The lowest BCUT2D eigenvalue weighted by molar-refractivity contribution is 0.0947. The Morgan fingerprint density at radius 2 is 1.97 bits per heavy atom. The number of rotatable bonds is 7. The molecule has 0 bridgehead atoms. The van der Waals surface area contributed by atoms with Crippen molar-refractivity contribution in [3.05, 3.63) is 48.3 Å². The molecule has 0 aliphatic carbocycles. The van der Waals surface area contributed by atoms with Crippen LogP contribution < -0.4 is 10.2 Å². The van der Waals surface area contributed by atoms with Crippen molar-refractivity contribution in [3.8, 4) is 0 Å². The standard InChI is InChI=1S/C23H25N7O2S/c1-2-33-23-27-20(29-11-13-32-14-12-29)17-15-25-30(21(17)28-23)10-9-24-22(31)19-8-7-16-5-3-4-6-18(16)26-19/h3-8,15H,2,9-14H2,1H3,(H,24,31). The molecule has 1 amide bonds. The maximum Gasteiger partial charge on any atom is 0.269 e. The van der Waals surface area contributed by atoms with E-state index in [1.165, 1.54) is 0 Å². The fourth-order valence-electron chi connectivity index (χ4n) is 3.85. The van der Waals surface area contributed by atoms with Crippen molar-refractivity contribution in [2.45, 2.75) is 18.6 Å². The van der Waals surface area contributed by atoms with E-state index in [4.69, 9.17) is 14.7 Å².